The Morgan fingerprint density at radius 3 is 1.72 bits per heavy atom. The maximum absolute atomic E-state index is 13.3. The minimum Gasteiger partial charge on any atom is -0.334 e. The van der Waals surface area contributed by atoms with Crippen LogP contribution in [0.25, 0.3) is 11.1 Å². The topological polar surface area (TPSA) is 65.3 Å². The van der Waals surface area contributed by atoms with Gasteiger partial charge in [-0.15, -0.1) is 0 Å². The molecule has 4 aliphatic rings. The highest BCUT2D eigenvalue weighted by atomic mass is 16.2. The molecule has 46 heavy (non-hydrogen) atoms. The highest BCUT2D eigenvalue weighted by molar-refractivity contribution is 6.02. The second-order valence-corrected chi connectivity index (χ2v) is 13.1. The molecule has 8 rings (SSSR count). The number of rotatable bonds is 7. The smallest absolute Gasteiger partial charge is 0.227 e. The second kappa shape index (κ2) is 12.2. The van der Waals surface area contributed by atoms with Crippen molar-refractivity contribution in [2.75, 3.05) is 13.1 Å². The van der Waals surface area contributed by atoms with E-state index in [-0.39, 0.29) is 23.9 Å². The van der Waals surface area contributed by atoms with Gasteiger partial charge in [-0.3, -0.25) is 19.6 Å². The lowest BCUT2D eigenvalue weighted by atomic mass is 9.97. The fraction of sp³-hybridized carbons (Fsp3) is 0.300. The van der Waals surface area contributed by atoms with Crippen molar-refractivity contribution in [3.8, 4) is 11.1 Å². The first-order valence-corrected chi connectivity index (χ1v) is 16.7. The van der Waals surface area contributed by atoms with Crippen LogP contribution >= 0.6 is 0 Å². The molecule has 0 aromatic heterocycles. The van der Waals surface area contributed by atoms with Crippen molar-refractivity contribution >= 4 is 34.6 Å². The molecule has 6 heteroatoms. The van der Waals surface area contributed by atoms with E-state index in [0.29, 0.717) is 12.8 Å². The summed E-state index contributed by atoms with van der Waals surface area (Å²) in [6.07, 6.45) is 6.45. The van der Waals surface area contributed by atoms with E-state index >= 15 is 0 Å². The lowest BCUT2D eigenvalue weighted by Gasteiger charge is -2.25. The van der Waals surface area contributed by atoms with Gasteiger partial charge >= 0.3 is 0 Å². The summed E-state index contributed by atoms with van der Waals surface area (Å²) < 4.78 is 0. The van der Waals surface area contributed by atoms with Gasteiger partial charge in [0.05, 0.1) is 36.3 Å². The Morgan fingerprint density at radius 2 is 1.11 bits per heavy atom. The molecule has 0 aliphatic carbocycles. The van der Waals surface area contributed by atoms with Crippen LogP contribution < -0.4 is 0 Å². The molecule has 2 fully saturated rings. The maximum Gasteiger partial charge on any atom is 0.227 e. The van der Waals surface area contributed by atoms with Gasteiger partial charge in [-0.1, -0.05) is 78.9 Å². The van der Waals surface area contributed by atoms with E-state index < -0.39 is 0 Å². The summed E-state index contributed by atoms with van der Waals surface area (Å²) in [6.45, 7) is 1.60. The van der Waals surface area contributed by atoms with Gasteiger partial charge in [-0.05, 0) is 77.3 Å². The molecule has 0 N–H and O–H groups in total. The number of hydrogen-bond donors (Lipinski definition) is 0. The largest absolute Gasteiger partial charge is 0.334 e. The molecule has 2 atom stereocenters. The van der Waals surface area contributed by atoms with Gasteiger partial charge in [0.1, 0.15) is 0 Å². The maximum atomic E-state index is 13.3. The van der Waals surface area contributed by atoms with Crippen molar-refractivity contribution in [1.29, 1.82) is 0 Å². The Kier molecular flexibility index (Phi) is 7.57. The van der Waals surface area contributed by atoms with Gasteiger partial charge < -0.3 is 9.80 Å². The Hall–Kier alpha value is -4.84. The number of carbonyl (C=O) groups excluding carboxylic acids is 2. The molecule has 230 valence electrons. The zero-order valence-electron chi connectivity index (χ0n) is 26.1. The van der Waals surface area contributed by atoms with Crippen molar-refractivity contribution < 1.29 is 9.59 Å². The van der Waals surface area contributed by atoms with Gasteiger partial charge in [0.15, 0.2) is 0 Å². The Bertz CT molecular complexity index is 1860. The quantitative estimate of drug-likeness (QED) is 0.226. The normalized spacial score (nSPS) is 20.0. The van der Waals surface area contributed by atoms with Gasteiger partial charge in [-0.25, -0.2) is 0 Å². The zero-order valence-corrected chi connectivity index (χ0v) is 26.1. The third kappa shape index (κ3) is 5.57. The molecule has 4 aromatic carbocycles. The minimum absolute atomic E-state index is 0.0783. The number of nitrogens with zero attached hydrogens (tertiary/aromatic N) is 4. The second-order valence-electron chi connectivity index (χ2n) is 13.1. The third-order valence-electron chi connectivity index (χ3n) is 10.1. The summed E-state index contributed by atoms with van der Waals surface area (Å²) in [7, 11) is 0. The summed E-state index contributed by atoms with van der Waals surface area (Å²) in [5, 5.41) is 0. The predicted molar refractivity (Wildman–Crippen MR) is 183 cm³/mol. The highest BCUT2D eigenvalue weighted by Crippen LogP contribution is 2.38. The average molecular weight is 607 g/mol. The molecule has 2 saturated heterocycles. The van der Waals surface area contributed by atoms with Gasteiger partial charge in [0, 0.05) is 37.4 Å². The molecule has 4 heterocycles. The lowest BCUT2D eigenvalue weighted by Crippen LogP contribution is -2.41. The fourth-order valence-corrected chi connectivity index (χ4v) is 7.74. The minimum atomic E-state index is 0.0783. The number of amides is 2. The Labute approximate surface area is 270 Å². The average Bonchev–Trinajstić information content (AvgIpc) is 3.90. The van der Waals surface area contributed by atoms with Crippen molar-refractivity contribution in [2.45, 2.75) is 63.5 Å². The zero-order chi connectivity index (χ0) is 31.0. The molecule has 0 radical (unpaired) electrons. The van der Waals surface area contributed by atoms with E-state index in [1.54, 1.807) is 0 Å². The molecular formula is C40H38N4O2. The van der Waals surface area contributed by atoms with Crippen LogP contribution in [0.2, 0.25) is 0 Å². The Morgan fingerprint density at radius 1 is 0.587 bits per heavy atom. The van der Waals surface area contributed by atoms with Crippen molar-refractivity contribution in [3.63, 3.8) is 0 Å². The van der Waals surface area contributed by atoms with Crippen molar-refractivity contribution in [1.82, 2.24) is 9.80 Å². The number of fused-ring (bicyclic) bond motifs is 2. The fourth-order valence-electron chi connectivity index (χ4n) is 7.74. The summed E-state index contributed by atoms with van der Waals surface area (Å²) in [5.74, 6) is 0.376. The molecule has 0 bridgehead atoms. The van der Waals surface area contributed by atoms with E-state index in [1.165, 1.54) is 11.1 Å². The standard InChI is InChI=1S/C40H38N4O2/c45-39(21-27-9-3-1-4-10-27)43-19-7-13-37(43)35-25-31-16-15-30(24-34(31)42-35)29-17-18-33-32(23-29)26-36(41-33)38-14-8-20-44(38)40(46)22-28-11-5-2-6-12-28/h1-6,9-12,15-18,23-24,37-38H,7-8,13-14,19-22,25-26H2/t37-,38-/m0/s1. The SMILES string of the molecule is O=C(Cc1ccccc1)N1CCC[C@H]1C1=Nc2ccc(-c3ccc4c(c3)N=C([C@@H]3CCCN3C(=O)Cc3ccccc3)C4)cc2C1. The summed E-state index contributed by atoms with van der Waals surface area (Å²) in [4.78, 5) is 40.8. The van der Waals surface area contributed by atoms with E-state index in [1.807, 2.05) is 60.7 Å². The van der Waals surface area contributed by atoms with Crippen LogP contribution in [0, 0.1) is 0 Å². The first-order chi connectivity index (χ1) is 22.6. The molecule has 2 amide bonds. The predicted octanol–water partition coefficient (Wildman–Crippen LogP) is 7.08. The lowest BCUT2D eigenvalue weighted by molar-refractivity contribution is -0.131. The van der Waals surface area contributed by atoms with E-state index in [0.717, 1.165) is 96.7 Å². The van der Waals surface area contributed by atoms with Gasteiger partial charge in [-0.2, -0.15) is 0 Å². The number of hydrogen-bond acceptors (Lipinski definition) is 4. The molecule has 0 spiro atoms. The first-order valence-electron chi connectivity index (χ1n) is 16.7. The summed E-state index contributed by atoms with van der Waals surface area (Å²) >= 11 is 0. The first kappa shape index (κ1) is 28.6. The molecule has 4 aliphatic heterocycles. The van der Waals surface area contributed by atoms with Crippen LogP contribution in [0.3, 0.4) is 0 Å². The number of likely N-dealkylation sites (tertiary alicyclic amines) is 2. The van der Waals surface area contributed by atoms with Crippen LogP contribution in [0.1, 0.15) is 47.9 Å². The van der Waals surface area contributed by atoms with Crippen LogP contribution in [0.5, 0.6) is 0 Å². The monoisotopic (exact) mass is 606 g/mol. The molecule has 4 aromatic rings. The Balaban J connectivity index is 0.958. The van der Waals surface area contributed by atoms with Crippen molar-refractivity contribution in [2.24, 2.45) is 9.98 Å². The molecular weight excluding hydrogens is 568 g/mol. The summed E-state index contributed by atoms with van der Waals surface area (Å²) in [5.41, 5.74) is 11.1. The third-order valence-corrected chi connectivity index (χ3v) is 10.1. The molecule has 6 nitrogen and oxygen atoms in total. The summed E-state index contributed by atoms with van der Waals surface area (Å²) in [6, 6.07) is 33.3. The van der Waals surface area contributed by atoms with Crippen LogP contribution in [-0.2, 0) is 35.3 Å². The van der Waals surface area contributed by atoms with E-state index in [9.17, 15) is 9.59 Å². The van der Waals surface area contributed by atoms with E-state index in [2.05, 4.69) is 46.2 Å². The van der Waals surface area contributed by atoms with Gasteiger partial charge in [0.25, 0.3) is 0 Å². The number of aliphatic imine (C=N–C) groups is 2. The van der Waals surface area contributed by atoms with Crippen molar-refractivity contribution in [3.05, 3.63) is 119 Å². The van der Waals surface area contributed by atoms with E-state index in [4.69, 9.17) is 9.98 Å². The van der Waals surface area contributed by atoms with Gasteiger partial charge in [0.2, 0.25) is 11.8 Å². The number of benzene rings is 4. The highest BCUT2D eigenvalue weighted by Gasteiger charge is 2.36. The molecule has 0 unspecified atom stereocenters. The molecule has 0 saturated carbocycles. The number of carbonyl (C=O) groups is 2. The van der Waals surface area contributed by atoms with Crippen LogP contribution in [-0.4, -0.2) is 58.2 Å². The van der Waals surface area contributed by atoms with Crippen LogP contribution in [0.4, 0.5) is 11.4 Å². The van der Waals surface area contributed by atoms with Crippen LogP contribution in [0.15, 0.2) is 107 Å².